The second-order valence-electron chi connectivity index (χ2n) is 3.39. The third kappa shape index (κ3) is 3.12. The number of nitrogens with zero attached hydrogens (tertiary/aromatic N) is 1. The number of halogens is 1. The van der Waals surface area contributed by atoms with Gasteiger partial charge in [0.05, 0.1) is 0 Å². The first-order valence-electron chi connectivity index (χ1n) is 4.93. The molecule has 2 rings (SSSR count). The number of aromatic nitrogens is 1. The molecule has 0 bridgehead atoms. The molecule has 16 heavy (non-hydrogen) atoms. The number of hydrogen-bond donors (Lipinski definition) is 2. The van der Waals surface area contributed by atoms with Crippen LogP contribution in [0, 0.1) is 0 Å². The lowest BCUT2D eigenvalue weighted by Crippen LogP contribution is -2.04. The van der Waals surface area contributed by atoms with E-state index in [0.29, 0.717) is 5.15 Å². The highest BCUT2D eigenvalue weighted by molar-refractivity contribution is 7.14. The van der Waals surface area contributed by atoms with Crippen LogP contribution in [0.4, 0.5) is 10.8 Å². The number of nitrogen functional groups attached to an aromatic ring is 1. The summed E-state index contributed by atoms with van der Waals surface area (Å²) in [5.41, 5.74) is 7.66. The molecule has 3 N–H and O–H groups in total. The van der Waals surface area contributed by atoms with Crippen molar-refractivity contribution in [2.24, 2.45) is 0 Å². The number of nitrogens with two attached hydrogens (primary N) is 1. The molecule has 3 nitrogen and oxygen atoms in total. The van der Waals surface area contributed by atoms with Crippen molar-refractivity contribution in [1.29, 1.82) is 0 Å². The number of hydrogen-bond acceptors (Lipinski definition) is 4. The largest absolute Gasteiger partial charge is 0.399 e. The summed E-state index contributed by atoms with van der Waals surface area (Å²) in [7, 11) is 0. The minimum Gasteiger partial charge on any atom is -0.399 e. The fraction of sp³-hybridized carbons (Fsp3) is 0.182. The van der Waals surface area contributed by atoms with Crippen molar-refractivity contribution in [2.75, 3.05) is 17.6 Å². The Balaban J connectivity index is 1.82. The highest BCUT2D eigenvalue weighted by Gasteiger charge is 1.98. The number of benzene rings is 1. The van der Waals surface area contributed by atoms with Gasteiger partial charge in [-0.2, -0.15) is 0 Å². The quantitative estimate of drug-likeness (QED) is 0.824. The van der Waals surface area contributed by atoms with Crippen molar-refractivity contribution in [3.05, 3.63) is 40.4 Å². The van der Waals surface area contributed by atoms with Crippen molar-refractivity contribution < 1.29 is 0 Å². The molecule has 0 radical (unpaired) electrons. The summed E-state index contributed by atoms with van der Waals surface area (Å²) in [4.78, 5) is 4.11. The zero-order valence-electron chi connectivity index (χ0n) is 8.61. The Labute approximate surface area is 103 Å². The van der Waals surface area contributed by atoms with Crippen LogP contribution < -0.4 is 11.1 Å². The van der Waals surface area contributed by atoms with E-state index < -0.39 is 0 Å². The molecule has 0 aliphatic rings. The molecule has 0 aliphatic heterocycles. The molecule has 0 saturated carbocycles. The Kier molecular flexibility index (Phi) is 3.64. The van der Waals surface area contributed by atoms with Gasteiger partial charge in [-0.3, -0.25) is 0 Å². The Morgan fingerprint density at radius 1 is 1.31 bits per heavy atom. The van der Waals surface area contributed by atoms with Crippen LogP contribution in [0.25, 0.3) is 0 Å². The van der Waals surface area contributed by atoms with Crippen molar-refractivity contribution in [3.8, 4) is 0 Å². The van der Waals surface area contributed by atoms with Crippen molar-refractivity contribution in [1.82, 2.24) is 4.98 Å². The molecule has 2 aromatic rings. The Morgan fingerprint density at radius 2 is 2.06 bits per heavy atom. The molecule has 0 spiro atoms. The maximum absolute atomic E-state index is 5.72. The number of nitrogens with one attached hydrogen (secondary N) is 1. The second-order valence-corrected chi connectivity index (χ2v) is 4.64. The van der Waals surface area contributed by atoms with E-state index >= 15 is 0 Å². The van der Waals surface area contributed by atoms with Crippen LogP contribution in [0.15, 0.2) is 29.6 Å². The van der Waals surface area contributed by atoms with Gasteiger partial charge < -0.3 is 11.1 Å². The van der Waals surface area contributed by atoms with Crippen molar-refractivity contribution in [2.45, 2.75) is 6.42 Å². The average molecular weight is 254 g/mol. The van der Waals surface area contributed by atoms with Gasteiger partial charge in [0.15, 0.2) is 5.13 Å². The first-order chi connectivity index (χ1) is 7.74. The van der Waals surface area contributed by atoms with Gasteiger partial charge in [-0.25, -0.2) is 4.98 Å². The Morgan fingerprint density at radius 3 is 2.69 bits per heavy atom. The zero-order chi connectivity index (χ0) is 11.4. The average Bonchev–Trinajstić information content (AvgIpc) is 2.67. The van der Waals surface area contributed by atoms with Crippen LogP contribution in [-0.2, 0) is 6.42 Å². The molecule has 1 aromatic heterocycles. The minimum atomic E-state index is 0.542. The van der Waals surface area contributed by atoms with Crippen LogP contribution in [0.2, 0.25) is 5.15 Å². The maximum Gasteiger partial charge on any atom is 0.184 e. The van der Waals surface area contributed by atoms with E-state index in [9.17, 15) is 0 Å². The predicted octanol–water partition coefficient (Wildman–Crippen LogP) is 3.03. The van der Waals surface area contributed by atoms with Crippen LogP contribution in [0.5, 0.6) is 0 Å². The Bertz CT molecular complexity index is 453. The molecular weight excluding hydrogens is 242 g/mol. The fourth-order valence-corrected chi connectivity index (χ4v) is 2.20. The van der Waals surface area contributed by atoms with Gasteiger partial charge in [-0.15, -0.1) is 11.3 Å². The summed E-state index contributed by atoms with van der Waals surface area (Å²) in [6.07, 6.45) is 0.942. The maximum atomic E-state index is 5.72. The Hall–Kier alpha value is -1.26. The number of anilines is 2. The predicted molar refractivity (Wildman–Crippen MR) is 70.2 cm³/mol. The van der Waals surface area contributed by atoms with Crippen LogP contribution in [0.1, 0.15) is 5.56 Å². The lowest BCUT2D eigenvalue weighted by molar-refractivity contribution is 1.02. The summed E-state index contributed by atoms with van der Waals surface area (Å²) in [5, 5.41) is 6.44. The van der Waals surface area contributed by atoms with E-state index in [1.165, 1.54) is 16.9 Å². The smallest absolute Gasteiger partial charge is 0.184 e. The highest BCUT2D eigenvalue weighted by Crippen LogP contribution is 2.18. The topological polar surface area (TPSA) is 50.9 Å². The van der Waals surface area contributed by atoms with Crippen LogP contribution in [0.3, 0.4) is 0 Å². The molecule has 1 aromatic carbocycles. The molecular formula is C11H12ClN3S. The third-order valence-corrected chi connectivity index (χ3v) is 3.27. The molecule has 0 saturated heterocycles. The van der Waals surface area contributed by atoms with E-state index in [4.69, 9.17) is 17.3 Å². The highest BCUT2D eigenvalue weighted by atomic mass is 35.5. The lowest BCUT2D eigenvalue weighted by atomic mass is 10.1. The lowest BCUT2D eigenvalue weighted by Gasteiger charge is -2.03. The monoisotopic (exact) mass is 253 g/mol. The third-order valence-electron chi connectivity index (χ3n) is 2.15. The fourth-order valence-electron chi connectivity index (χ4n) is 1.33. The number of rotatable bonds is 4. The van der Waals surface area contributed by atoms with Gasteiger partial charge in [-0.1, -0.05) is 23.7 Å². The molecule has 5 heteroatoms. The zero-order valence-corrected chi connectivity index (χ0v) is 10.2. The molecule has 1 heterocycles. The first-order valence-corrected chi connectivity index (χ1v) is 6.19. The molecule has 0 unspecified atom stereocenters. The number of thiazole rings is 1. The molecule has 0 aliphatic carbocycles. The summed E-state index contributed by atoms with van der Waals surface area (Å²) in [6, 6.07) is 7.89. The van der Waals surface area contributed by atoms with E-state index in [-0.39, 0.29) is 0 Å². The van der Waals surface area contributed by atoms with E-state index in [1.54, 1.807) is 0 Å². The normalized spacial score (nSPS) is 10.3. The summed E-state index contributed by atoms with van der Waals surface area (Å²) < 4.78 is 0. The summed E-state index contributed by atoms with van der Waals surface area (Å²) >= 11 is 7.23. The summed E-state index contributed by atoms with van der Waals surface area (Å²) in [5.74, 6) is 0. The second kappa shape index (κ2) is 5.18. The van der Waals surface area contributed by atoms with Gasteiger partial charge in [0.2, 0.25) is 0 Å². The SMILES string of the molecule is Nc1ccc(CCNc2nc(Cl)cs2)cc1. The van der Waals surface area contributed by atoms with Gasteiger partial charge in [0.25, 0.3) is 0 Å². The van der Waals surface area contributed by atoms with E-state index in [0.717, 1.165) is 23.8 Å². The van der Waals surface area contributed by atoms with Gasteiger partial charge in [-0.05, 0) is 24.1 Å². The van der Waals surface area contributed by atoms with E-state index in [2.05, 4.69) is 10.3 Å². The minimum absolute atomic E-state index is 0.542. The molecule has 84 valence electrons. The molecule has 0 fully saturated rings. The van der Waals surface area contributed by atoms with Crippen molar-refractivity contribution >= 4 is 33.8 Å². The van der Waals surface area contributed by atoms with Gasteiger partial charge in [0.1, 0.15) is 5.15 Å². The standard InChI is InChI=1S/C11H12ClN3S/c12-10-7-16-11(15-10)14-6-5-8-1-3-9(13)4-2-8/h1-4,7H,5-6,13H2,(H,14,15). The van der Waals surface area contributed by atoms with Gasteiger partial charge >= 0.3 is 0 Å². The van der Waals surface area contributed by atoms with Crippen LogP contribution in [-0.4, -0.2) is 11.5 Å². The van der Waals surface area contributed by atoms with Gasteiger partial charge in [0, 0.05) is 17.6 Å². The van der Waals surface area contributed by atoms with E-state index in [1.807, 2.05) is 29.6 Å². The molecule has 0 atom stereocenters. The van der Waals surface area contributed by atoms with Crippen LogP contribution >= 0.6 is 22.9 Å². The first kappa shape index (κ1) is 11.2. The van der Waals surface area contributed by atoms with Crippen molar-refractivity contribution in [3.63, 3.8) is 0 Å². The molecule has 0 amide bonds. The summed E-state index contributed by atoms with van der Waals surface area (Å²) in [6.45, 7) is 0.841.